The van der Waals surface area contributed by atoms with Gasteiger partial charge in [-0.3, -0.25) is 14.3 Å². The van der Waals surface area contributed by atoms with E-state index in [1.54, 1.807) is 0 Å². The Morgan fingerprint density at radius 2 is 2.39 bits per heavy atom. The van der Waals surface area contributed by atoms with E-state index in [0.29, 0.717) is 6.42 Å². The molecule has 3 unspecified atom stereocenters. The molecule has 9 nitrogen and oxygen atoms in total. The fourth-order valence-corrected chi connectivity index (χ4v) is 1.92. The van der Waals surface area contributed by atoms with Crippen molar-refractivity contribution in [1.29, 1.82) is 0 Å². The van der Waals surface area contributed by atoms with E-state index in [4.69, 9.17) is 15.7 Å². The number of aliphatic hydroxyl groups is 1. The van der Waals surface area contributed by atoms with Gasteiger partial charge in [0.1, 0.15) is 6.04 Å². The first kappa shape index (κ1) is 12.5. The molecule has 98 valence electrons. The molecule has 0 aromatic carbocycles. The fraction of sp³-hybridized carbons (Fsp3) is 0.556. The highest BCUT2D eigenvalue weighted by Crippen LogP contribution is 2.29. The molecule has 3 atom stereocenters. The van der Waals surface area contributed by atoms with Crippen LogP contribution in [0, 0.1) is 0 Å². The van der Waals surface area contributed by atoms with Crippen LogP contribution < -0.4 is 17.1 Å². The molecule has 1 fully saturated rings. The highest BCUT2D eigenvalue weighted by atomic mass is 16.5. The number of aliphatic hydroxyl groups excluding tert-OH is 1. The van der Waals surface area contributed by atoms with Gasteiger partial charge in [-0.2, -0.15) is 5.11 Å². The van der Waals surface area contributed by atoms with Gasteiger partial charge in [0.05, 0.1) is 12.7 Å². The molecular formula is C9H13N5O4. The maximum Gasteiger partial charge on any atom is 0.330 e. The van der Waals surface area contributed by atoms with Crippen LogP contribution in [0.1, 0.15) is 12.6 Å². The van der Waals surface area contributed by atoms with Crippen LogP contribution in [0.3, 0.4) is 0 Å². The molecule has 1 aromatic heterocycles. The number of ether oxygens (including phenoxy) is 1. The number of nitrogens with two attached hydrogens (primary N) is 1. The Hall–Kier alpha value is -2.00. The minimum absolute atomic E-state index is 0.189. The molecule has 1 aromatic rings. The van der Waals surface area contributed by atoms with E-state index in [1.165, 1.54) is 16.8 Å². The van der Waals surface area contributed by atoms with Gasteiger partial charge in [-0.1, -0.05) is 5.22 Å². The quantitative estimate of drug-likeness (QED) is 0.343. The molecule has 2 rings (SSSR count). The van der Waals surface area contributed by atoms with Crippen molar-refractivity contribution in [2.45, 2.75) is 24.8 Å². The first-order valence-corrected chi connectivity index (χ1v) is 5.33. The van der Waals surface area contributed by atoms with Gasteiger partial charge in [-0.05, 0) is 0 Å². The van der Waals surface area contributed by atoms with Gasteiger partial charge >= 0.3 is 5.69 Å². The molecule has 0 spiro atoms. The molecule has 18 heavy (non-hydrogen) atoms. The number of H-pyrrole nitrogens is 1. The average molecular weight is 255 g/mol. The van der Waals surface area contributed by atoms with Crippen LogP contribution in [-0.4, -0.2) is 33.4 Å². The van der Waals surface area contributed by atoms with Crippen LogP contribution in [0.2, 0.25) is 0 Å². The summed E-state index contributed by atoms with van der Waals surface area (Å²) in [4.78, 5) is 24.7. The lowest BCUT2D eigenvalue weighted by Crippen LogP contribution is -2.34. The maximum atomic E-state index is 11.6. The lowest BCUT2D eigenvalue weighted by molar-refractivity contribution is -0.0282. The standard InChI is InChI=1S/C9H13N5O4/c10-13-12-6-3-5(4-15)18-8(6)14-2-1-7(16)11-9(14)17/h1-2,5-6,8,15H,3-4H2,(H2,10,12)(H,11,16,17). The van der Waals surface area contributed by atoms with Crippen molar-refractivity contribution in [2.24, 2.45) is 16.2 Å². The summed E-state index contributed by atoms with van der Waals surface area (Å²) in [6.07, 6.45) is 0.529. The van der Waals surface area contributed by atoms with Gasteiger partial charge in [-0.15, -0.1) is 0 Å². The number of hydrogen-bond acceptors (Lipinski definition) is 6. The molecule has 1 aliphatic heterocycles. The zero-order valence-electron chi connectivity index (χ0n) is 9.39. The first-order valence-electron chi connectivity index (χ1n) is 5.33. The van der Waals surface area contributed by atoms with Gasteiger partial charge in [0.25, 0.3) is 5.56 Å². The highest BCUT2D eigenvalue weighted by Gasteiger charge is 2.37. The fourth-order valence-electron chi connectivity index (χ4n) is 1.92. The summed E-state index contributed by atoms with van der Waals surface area (Å²) >= 11 is 0. The second kappa shape index (κ2) is 5.10. The minimum atomic E-state index is -0.737. The van der Waals surface area contributed by atoms with E-state index < -0.39 is 29.6 Å². The van der Waals surface area contributed by atoms with Crippen LogP contribution in [0.4, 0.5) is 0 Å². The molecule has 9 heteroatoms. The average Bonchev–Trinajstić information content (AvgIpc) is 2.73. The molecule has 1 aliphatic rings. The van der Waals surface area contributed by atoms with Gasteiger partial charge in [-0.25, -0.2) is 4.79 Å². The Balaban J connectivity index is 2.35. The summed E-state index contributed by atoms with van der Waals surface area (Å²) in [7, 11) is 0. The summed E-state index contributed by atoms with van der Waals surface area (Å²) in [6, 6.07) is 0.726. The number of aromatic nitrogens is 2. The summed E-state index contributed by atoms with van der Waals surface area (Å²) in [5, 5.41) is 16.0. The third-order valence-electron chi connectivity index (χ3n) is 2.71. The maximum absolute atomic E-state index is 11.6. The molecule has 0 amide bonds. The monoisotopic (exact) mass is 255 g/mol. The summed E-state index contributed by atoms with van der Waals surface area (Å²) < 4.78 is 6.66. The smallest absolute Gasteiger partial charge is 0.330 e. The van der Waals surface area contributed by atoms with Crippen molar-refractivity contribution in [3.63, 3.8) is 0 Å². The predicted octanol–water partition coefficient (Wildman–Crippen LogP) is -1.49. The van der Waals surface area contributed by atoms with Crippen molar-refractivity contribution in [2.75, 3.05) is 6.61 Å². The second-order valence-corrected chi connectivity index (χ2v) is 3.88. The van der Waals surface area contributed by atoms with Crippen molar-refractivity contribution in [1.82, 2.24) is 9.55 Å². The van der Waals surface area contributed by atoms with Crippen LogP contribution in [-0.2, 0) is 4.74 Å². The number of nitrogens with one attached hydrogen (secondary N) is 1. The van der Waals surface area contributed by atoms with Crippen LogP contribution in [0.15, 0.2) is 32.2 Å². The number of rotatable bonds is 3. The van der Waals surface area contributed by atoms with Crippen molar-refractivity contribution < 1.29 is 9.84 Å². The zero-order chi connectivity index (χ0) is 13.1. The third-order valence-corrected chi connectivity index (χ3v) is 2.71. The van der Waals surface area contributed by atoms with E-state index in [0.717, 1.165) is 0 Å². The Morgan fingerprint density at radius 3 is 3.00 bits per heavy atom. The number of nitrogens with zero attached hydrogens (tertiary/aromatic N) is 3. The molecule has 1 saturated heterocycles. The number of hydrogen-bond donors (Lipinski definition) is 3. The second-order valence-electron chi connectivity index (χ2n) is 3.88. The molecule has 2 heterocycles. The zero-order valence-corrected chi connectivity index (χ0v) is 9.39. The van der Waals surface area contributed by atoms with Gasteiger partial charge < -0.3 is 15.7 Å². The van der Waals surface area contributed by atoms with Crippen molar-refractivity contribution in [3.05, 3.63) is 33.1 Å². The summed E-state index contributed by atoms with van der Waals surface area (Å²) in [5.74, 6) is 4.99. The minimum Gasteiger partial charge on any atom is -0.394 e. The van der Waals surface area contributed by atoms with E-state index in [2.05, 4.69) is 15.3 Å². The van der Waals surface area contributed by atoms with E-state index in [9.17, 15) is 9.59 Å². The van der Waals surface area contributed by atoms with E-state index in [1.807, 2.05) is 0 Å². The van der Waals surface area contributed by atoms with Crippen molar-refractivity contribution in [3.8, 4) is 0 Å². The summed E-state index contributed by atoms with van der Waals surface area (Å²) in [5.41, 5.74) is -1.10. The Kier molecular flexibility index (Phi) is 3.53. The predicted molar refractivity (Wildman–Crippen MR) is 59.8 cm³/mol. The highest BCUT2D eigenvalue weighted by molar-refractivity contribution is 4.91. The number of aromatic amines is 1. The molecule has 0 bridgehead atoms. The SMILES string of the molecule is NN=NC1CC(CO)OC1n1ccc(=O)[nH]c1=O. The molecule has 4 N–H and O–H groups in total. The Morgan fingerprint density at radius 1 is 1.61 bits per heavy atom. The van der Waals surface area contributed by atoms with Gasteiger partial charge in [0.15, 0.2) is 6.23 Å². The van der Waals surface area contributed by atoms with Crippen molar-refractivity contribution >= 4 is 0 Å². The largest absolute Gasteiger partial charge is 0.394 e. The molecule has 0 aliphatic carbocycles. The lowest BCUT2D eigenvalue weighted by Gasteiger charge is -2.16. The van der Waals surface area contributed by atoms with Crippen LogP contribution >= 0.6 is 0 Å². The van der Waals surface area contributed by atoms with Gasteiger partial charge in [0, 0.05) is 18.7 Å². The molecule has 0 saturated carbocycles. The lowest BCUT2D eigenvalue weighted by atomic mass is 10.2. The first-order chi connectivity index (χ1) is 8.65. The Bertz CT molecular complexity index is 550. The van der Waals surface area contributed by atoms with Crippen LogP contribution in [0.25, 0.3) is 0 Å². The normalized spacial score (nSPS) is 27.9. The van der Waals surface area contributed by atoms with E-state index in [-0.39, 0.29) is 6.61 Å². The molecular weight excluding hydrogens is 242 g/mol. The molecule has 0 radical (unpaired) electrons. The van der Waals surface area contributed by atoms with Crippen LogP contribution in [0.5, 0.6) is 0 Å². The Labute approximate surface area is 101 Å². The van der Waals surface area contributed by atoms with E-state index >= 15 is 0 Å². The topological polar surface area (TPSA) is 135 Å². The third kappa shape index (κ3) is 2.31. The summed E-state index contributed by atoms with van der Waals surface area (Å²) in [6.45, 7) is -0.189. The van der Waals surface area contributed by atoms with Gasteiger partial charge in [0.2, 0.25) is 0 Å².